The highest BCUT2D eigenvalue weighted by atomic mass is 35.5. The maximum atomic E-state index is 14.0. The number of hydrogen-bond donors (Lipinski definition) is 0. The van der Waals surface area contributed by atoms with Crippen LogP contribution in [0.2, 0.25) is 5.02 Å². The number of thiazole rings is 1. The molecule has 47 heavy (non-hydrogen) atoms. The molecule has 1 atom stereocenters. The second kappa shape index (κ2) is 14.8. The first kappa shape index (κ1) is 33.7. The van der Waals surface area contributed by atoms with E-state index in [1.807, 2.05) is 38.1 Å². The first-order valence-electron chi connectivity index (χ1n) is 15.3. The fourth-order valence-electron chi connectivity index (χ4n) is 5.19. The molecule has 9 nitrogen and oxygen atoms in total. The fourth-order valence-corrected chi connectivity index (χ4v) is 6.51. The van der Waals surface area contributed by atoms with Gasteiger partial charge in [-0.25, -0.2) is 14.6 Å². The van der Waals surface area contributed by atoms with Crippen molar-refractivity contribution in [3.8, 4) is 11.5 Å². The lowest BCUT2D eigenvalue weighted by molar-refractivity contribution is -0.139. The number of aryl methyl sites for hydroxylation is 1. The zero-order chi connectivity index (χ0) is 33.7. The Morgan fingerprint density at radius 3 is 2.26 bits per heavy atom. The highest BCUT2D eigenvalue weighted by molar-refractivity contribution is 7.07. The minimum Gasteiger partial charge on any atom is -0.490 e. The molecule has 1 aliphatic rings. The van der Waals surface area contributed by atoms with Crippen molar-refractivity contribution in [2.24, 2.45) is 4.99 Å². The molecular weight excluding hydrogens is 640 g/mol. The second-order valence-electron chi connectivity index (χ2n) is 10.7. The maximum Gasteiger partial charge on any atom is 0.338 e. The summed E-state index contributed by atoms with van der Waals surface area (Å²) in [5.74, 6) is -0.118. The fraction of sp³-hybridized carbons (Fsp3) is 0.278. The van der Waals surface area contributed by atoms with Crippen LogP contribution in [0.15, 0.2) is 81.7 Å². The van der Waals surface area contributed by atoms with E-state index in [0.29, 0.717) is 61.5 Å². The van der Waals surface area contributed by atoms with Crippen molar-refractivity contribution >= 4 is 41.0 Å². The van der Waals surface area contributed by atoms with Crippen LogP contribution in [0.3, 0.4) is 0 Å². The van der Waals surface area contributed by atoms with Crippen LogP contribution < -0.4 is 24.4 Å². The molecular formula is C36H35ClN2O7S. The van der Waals surface area contributed by atoms with Crippen LogP contribution >= 0.6 is 22.9 Å². The average molecular weight is 675 g/mol. The minimum atomic E-state index is -0.697. The van der Waals surface area contributed by atoms with Crippen molar-refractivity contribution in [1.82, 2.24) is 4.57 Å². The number of benzene rings is 3. The van der Waals surface area contributed by atoms with Crippen molar-refractivity contribution in [3.05, 3.63) is 124 Å². The van der Waals surface area contributed by atoms with E-state index >= 15 is 0 Å². The van der Waals surface area contributed by atoms with E-state index in [2.05, 4.69) is 4.99 Å². The van der Waals surface area contributed by atoms with Crippen molar-refractivity contribution in [1.29, 1.82) is 0 Å². The van der Waals surface area contributed by atoms with E-state index in [4.69, 9.17) is 30.5 Å². The molecule has 0 saturated carbocycles. The molecule has 1 aromatic heterocycles. The van der Waals surface area contributed by atoms with Crippen LogP contribution in [0.1, 0.15) is 66.3 Å². The van der Waals surface area contributed by atoms with Gasteiger partial charge in [0.2, 0.25) is 0 Å². The monoisotopic (exact) mass is 674 g/mol. The first-order valence-corrected chi connectivity index (χ1v) is 16.5. The Labute approximate surface area is 281 Å². The number of allylic oxidation sites excluding steroid dienone is 1. The molecule has 244 valence electrons. The van der Waals surface area contributed by atoms with Crippen molar-refractivity contribution < 1.29 is 28.5 Å². The van der Waals surface area contributed by atoms with E-state index in [1.54, 1.807) is 67.8 Å². The molecule has 0 fully saturated rings. The van der Waals surface area contributed by atoms with Crippen molar-refractivity contribution in [2.75, 3.05) is 19.8 Å². The van der Waals surface area contributed by atoms with Gasteiger partial charge in [-0.2, -0.15) is 0 Å². The number of hydrogen-bond acceptors (Lipinski definition) is 9. The van der Waals surface area contributed by atoms with Crippen LogP contribution in [0.4, 0.5) is 0 Å². The summed E-state index contributed by atoms with van der Waals surface area (Å²) in [6, 6.07) is 17.4. The Morgan fingerprint density at radius 2 is 1.60 bits per heavy atom. The average Bonchev–Trinajstić information content (AvgIpc) is 3.34. The van der Waals surface area contributed by atoms with Gasteiger partial charge in [-0.3, -0.25) is 9.36 Å². The predicted octanol–water partition coefficient (Wildman–Crippen LogP) is 5.91. The number of ether oxygens (including phenoxy) is 4. The first-order chi connectivity index (χ1) is 22.6. The van der Waals surface area contributed by atoms with E-state index in [1.165, 1.54) is 11.3 Å². The van der Waals surface area contributed by atoms with Gasteiger partial charge < -0.3 is 18.9 Å². The normalized spacial score (nSPS) is 14.3. The Hall–Kier alpha value is -4.67. The number of carbonyl (C=O) groups excluding carboxylic acids is 2. The molecule has 0 spiro atoms. The molecule has 1 aliphatic heterocycles. The smallest absolute Gasteiger partial charge is 0.338 e. The predicted molar refractivity (Wildman–Crippen MR) is 181 cm³/mol. The zero-order valence-electron chi connectivity index (χ0n) is 26.8. The largest absolute Gasteiger partial charge is 0.490 e. The number of rotatable bonds is 11. The number of halogens is 1. The van der Waals surface area contributed by atoms with E-state index in [0.717, 1.165) is 16.7 Å². The standard InChI is InChI=1S/C36H35ClN2O7S/c1-6-43-28-18-24(17-27(37)32(28)46-20-23-11-15-26(16-12-23)34(41)44-7-2)19-29-33(40)39-31(25-13-9-21(4)10-14-25)30(35(42)45-8-3)22(5)38-36(39)47-29/h9-19,31H,6-8,20H2,1-5H3/b29-19-/t31-/m1/s1. The van der Waals surface area contributed by atoms with E-state index in [-0.39, 0.29) is 24.7 Å². The van der Waals surface area contributed by atoms with Crippen LogP contribution in [0.5, 0.6) is 11.5 Å². The third kappa shape index (κ3) is 7.34. The van der Waals surface area contributed by atoms with Crippen LogP contribution in [-0.2, 0) is 20.9 Å². The molecule has 3 aromatic carbocycles. The van der Waals surface area contributed by atoms with Crippen molar-refractivity contribution in [3.63, 3.8) is 0 Å². The molecule has 0 saturated heterocycles. The number of aromatic nitrogens is 1. The quantitative estimate of drug-likeness (QED) is 0.182. The Balaban J connectivity index is 1.50. The van der Waals surface area contributed by atoms with Crippen LogP contribution in [-0.4, -0.2) is 36.3 Å². The van der Waals surface area contributed by atoms with Gasteiger partial charge in [-0.1, -0.05) is 64.9 Å². The topological polar surface area (TPSA) is 105 Å². The van der Waals surface area contributed by atoms with Crippen LogP contribution in [0, 0.1) is 6.92 Å². The molecule has 2 heterocycles. The Kier molecular flexibility index (Phi) is 10.6. The summed E-state index contributed by atoms with van der Waals surface area (Å²) in [6.45, 7) is 10.1. The van der Waals surface area contributed by atoms with Crippen molar-refractivity contribution in [2.45, 2.75) is 47.3 Å². The summed E-state index contributed by atoms with van der Waals surface area (Å²) < 4.78 is 24.3. The lowest BCUT2D eigenvalue weighted by atomic mass is 9.95. The zero-order valence-corrected chi connectivity index (χ0v) is 28.4. The highest BCUT2D eigenvalue weighted by Gasteiger charge is 2.33. The number of esters is 2. The lowest BCUT2D eigenvalue weighted by Crippen LogP contribution is -2.39. The van der Waals surface area contributed by atoms with Gasteiger partial charge in [0.15, 0.2) is 16.3 Å². The molecule has 0 aliphatic carbocycles. The molecule has 5 rings (SSSR count). The van der Waals surface area contributed by atoms with Gasteiger partial charge in [-0.15, -0.1) is 0 Å². The van der Waals surface area contributed by atoms with E-state index < -0.39 is 12.0 Å². The van der Waals surface area contributed by atoms with Gasteiger partial charge in [0.25, 0.3) is 5.56 Å². The van der Waals surface area contributed by atoms with Gasteiger partial charge in [0.1, 0.15) is 6.61 Å². The highest BCUT2D eigenvalue weighted by Crippen LogP contribution is 2.38. The Morgan fingerprint density at radius 1 is 0.915 bits per heavy atom. The molecule has 0 amide bonds. The SMILES string of the molecule is CCOC(=O)C1=C(C)N=c2s/c(=C\c3cc(Cl)c(OCc4ccc(C(=O)OCC)cc4)c(OCC)c3)c(=O)n2[C@@H]1c1ccc(C)cc1. The second-order valence-corrected chi connectivity index (χ2v) is 12.1. The summed E-state index contributed by atoms with van der Waals surface area (Å²) in [6.07, 6.45) is 1.73. The van der Waals surface area contributed by atoms with Gasteiger partial charge in [0, 0.05) is 0 Å². The third-order valence-electron chi connectivity index (χ3n) is 7.39. The van der Waals surface area contributed by atoms with Gasteiger partial charge in [0.05, 0.1) is 52.3 Å². The summed E-state index contributed by atoms with van der Waals surface area (Å²) >= 11 is 7.95. The van der Waals surface area contributed by atoms with Crippen LogP contribution in [0.25, 0.3) is 6.08 Å². The Bertz CT molecular complexity index is 2010. The summed E-state index contributed by atoms with van der Waals surface area (Å²) in [7, 11) is 0. The third-order valence-corrected chi connectivity index (χ3v) is 8.65. The number of carbonyl (C=O) groups is 2. The van der Waals surface area contributed by atoms with E-state index in [9.17, 15) is 14.4 Å². The number of fused-ring (bicyclic) bond motifs is 1. The molecule has 11 heteroatoms. The molecule has 0 unspecified atom stereocenters. The summed E-state index contributed by atoms with van der Waals surface area (Å²) in [5.41, 5.74) is 4.27. The molecule has 4 aromatic rings. The molecule has 0 N–H and O–H groups in total. The minimum absolute atomic E-state index is 0.183. The van der Waals surface area contributed by atoms with Gasteiger partial charge in [-0.05, 0) is 81.7 Å². The maximum absolute atomic E-state index is 14.0. The lowest BCUT2D eigenvalue weighted by Gasteiger charge is -2.24. The molecule has 0 bridgehead atoms. The summed E-state index contributed by atoms with van der Waals surface area (Å²) in [4.78, 5) is 44.2. The van der Waals surface area contributed by atoms with Gasteiger partial charge >= 0.3 is 11.9 Å². The number of nitrogens with zero attached hydrogens (tertiary/aromatic N) is 2. The molecule has 0 radical (unpaired) electrons. The summed E-state index contributed by atoms with van der Waals surface area (Å²) in [5, 5.41) is 0.302.